The summed E-state index contributed by atoms with van der Waals surface area (Å²) in [6.07, 6.45) is 9.24. The van der Waals surface area contributed by atoms with Gasteiger partial charge in [0.25, 0.3) is 11.8 Å². The number of carbonyl (C=O) groups is 2. The predicted octanol–water partition coefficient (Wildman–Crippen LogP) is 8.30. The first-order chi connectivity index (χ1) is 21.7. The van der Waals surface area contributed by atoms with Crippen LogP contribution in [0.25, 0.3) is 0 Å². The Morgan fingerprint density at radius 1 is 0.822 bits per heavy atom. The first-order valence-corrected chi connectivity index (χ1v) is 16.8. The summed E-state index contributed by atoms with van der Waals surface area (Å²) < 4.78 is 6.18. The monoisotopic (exact) mass is 605 g/mol. The zero-order valence-electron chi connectivity index (χ0n) is 27.4. The zero-order valence-corrected chi connectivity index (χ0v) is 27.4. The van der Waals surface area contributed by atoms with E-state index in [4.69, 9.17) is 4.74 Å². The average Bonchev–Trinajstić information content (AvgIpc) is 3.29. The number of rotatable bonds is 11. The standard InChI is InChI=1S/C40H47NO4/c1-5-40(6-2,32-18-17-31(29(3)27-32)21-24-39(44)22-11-7-12-23-39)33-19-20-36(30(4)28-33)45-26-14-8-13-25-41-37(42)34-15-9-10-16-35(34)38(41)43/h9-10,15-20,27-28,44H,5-8,11-14,22-23,25-26H2,1-4H3. The van der Waals surface area contributed by atoms with Gasteiger partial charge in [-0.25, -0.2) is 0 Å². The zero-order chi connectivity index (χ0) is 32.0. The van der Waals surface area contributed by atoms with Crippen molar-refractivity contribution in [3.05, 3.63) is 99.6 Å². The SMILES string of the molecule is CCC(CC)(c1ccc(C#CC2(O)CCCCC2)c(C)c1)c1ccc(OCCCCCN2C(=O)c3ccccc3C2=O)c(C)c1. The molecule has 0 bridgehead atoms. The van der Waals surface area contributed by atoms with Gasteiger partial charge >= 0.3 is 0 Å². The molecule has 1 aliphatic carbocycles. The van der Waals surface area contributed by atoms with Crippen molar-refractivity contribution >= 4 is 11.8 Å². The van der Waals surface area contributed by atoms with E-state index in [9.17, 15) is 14.7 Å². The molecule has 45 heavy (non-hydrogen) atoms. The lowest BCUT2D eigenvalue weighted by atomic mass is 9.70. The number of fused-ring (bicyclic) bond motifs is 1. The van der Waals surface area contributed by atoms with Gasteiger partial charge in [-0.3, -0.25) is 14.5 Å². The topological polar surface area (TPSA) is 66.8 Å². The minimum atomic E-state index is -0.844. The number of benzene rings is 3. The van der Waals surface area contributed by atoms with E-state index >= 15 is 0 Å². The van der Waals surface area contributed by atoms with Crippen molar-refractivity contribution in [3.63, 3.8) is 0 Å². The summed E-state index contributed by atoms with van der Waals surface area (Å²) in [6.45, 7) is 9.77. The molecule has 236 valence electrons. The molecule has 5 nitrogen and oxygen atoms in total. The van der Waals surface area contributed by atoms with Gasteiger partial charge in [0.05, 0.1) is 17.7 Å². The largest absolute Gasteiger partial charge is 0.493 e. The molecule has 0 spiro atoms. The van der Waals surface area contributed by atoms with Crippen LogP contribution in [-0.2, 0) is 5.41 Å². The maximum Gasteiger partial charge on any atom is 0.261 e. The molecule has 0 atom stereocenters. The molecular weight excluding hydrogens is 558 g/mol. The fourth-order valence-corrected chi connectivity index (χ4v) is 7.06. The van der Waals surface area contributed by atoms with E-state index in [0.717, 1.165) is 80.2 Å². The third-order valence-corrected chi connectivity index (χ3v) is 9.99. The van der Waals surface area contributed by atoms with E-state index in [-0.39, 0.29) is 17.2 Å². The third-order valence-electron chi connectivity index (χ3n) is 9.99. The highest BCUT2D eigenvalue weighted by atomic mass is 16.5. The van der Waals surface area contributed by atoms with Crippen molar-refractivity contribution in [1.82, 2.24) is 4.90 Å². The van der Waals surface area contributed by atoms with Gasteiger partial charge in [-0.2, -0.15) is 0 Å². The molecule has 5 rings (SSSR count). The van der Waals surface area contributed by atoms with Crippen molar-refractivity contribution in [2.75, 3.05) is 13.2 Å². The number of hydrogen-bond acceptors (Lipinski definition) is 4. The number of aryl methyl sites for hydroxylation is 2. The number of unbranched alkanes of at least 4 members (excludes halogenated alkanes) is 2. The summed E-state index contributed by atoms with van der Waals surface area (Å²) in [5, 5.41) is 10.9. The molecule has 1 N–H and O–H groups in total. The van der Waals surface area contributed by atoms with Crippen LogP contribution in [0.1, 0.15) is 127 Å². The summed E-state index contributed by atoms with van der Waals surface area (Å²) >= 11 is 0. The Bertz CT molecular complexity index is 1560. The fraction of sp³-hybridized carbons (Fsp3) is 0.450. The van der Waals surface area contributed by atoms with Gasteiger partial charge in [0.1, 0.15) is 11.4 Å². The minimum absolute atomic E-state index is 0.119. The number of amides is 2. The normalized spacial score (nSPS) is 15.9. The van der Waals surface area contributed by atoms with E-state index in [2.05, 4.69) is 75.9 Å². The Morgan fingerprint density at radius 3 is 2.04 bits per heavy atom. The smallest absolute Gasteiger partial charge is 0.261 e. The van der Waals surface area contributed by atoms with Crippen LogP contribution in [0.2, 0.25) is 0 Å². The van der Waals surface area contributed by atoms with E-state index in [0.29, 0.717) is 24.3 Å². The summed E-state index contributed by atoms with van der Waals surface area (Å²) in [5.74, 6) is 7.01. The summed E-state index contributed by atoms with van der Waals surface area (Å²) in [4.78, 5) is 26.5. The highest BCUT2D eigenvalue weighted by Crippen LogP contribution is 2.41. The van der Waals surface area contributed by atoms with Crippen molar-refractivity contribution < 1.29 is 19.4 Å². The predicted molar refractivity (Wildman–Crippen MR) is 180 cm³/mol. The first kappa shape index (κ1) is 32.5. The molecule has 1 saturated carbocycles. The number of nitrogens with zero attached hydrogens (tertiary/aromatic N) is 1. The van der Waals surface area contributed by atoms with Crippen LogP contribution in [0, 0.1) is 25.7 Å². The van der Waals surface area contributed by atoms with Crippen molar-refractivity contribution in [2.24, 2.45) is 0 Å². The van der Waals surface area contributed by atoms with Crippen molar-refractivity contribution in [2.45, 2.75) is 103 Å². The van der Waals surface area contributed by atoms with E-state index in [1.807, 2.05) is 0 Å². The third kappa shape index (κ3) is 6.87. The molecule has 2 aliphatic rings. The van der Waals surface area contributed by atoms with Crippen LogP contribution in [-0.4, -0.2) is 40.6 Å². The average molecular weight is 606 g/mol. The molecule has 1 aliphatic heterocycles. The van der Waals surface area contributed by atoms with Crippen LogP contribution in [0.4, 0.5) is 0 Å². The van der Waals surface area contributed by atoms with Gasteiger partial charge in [0, 0.05) is 17.5 Å². The fourth-order valence-electron chi connectivity index (χ4n) is 7.06. The minimum Gasteiger partial charge on any atom is -0.493 e. The van der Waals surface area contributed by atoms with E-state index in [1.54, 1.807) is 24.3 Å². The molecule has 3 aromatic carbocycles. The quantitative estimate of drug-likeness (QED) is 0.136. The number of ether oxygens (including phenoxy) is 1. The van der Waals surface area contributed by atoms with Crippen LogP contribution < -0.4 is 4.74 Å². The Balaban J connectivity index is 1.18. The Morgan fingerprint density at radius 2 is 1.44 bits per heavy atom. The number of hydrogen-bond donors (Lipinski definition) is 1. The lowest BCUT2D eigenvalue weighted by Gasteiger charge is -2.34. The highest BCUT2D eigenvalue weighted by Gasteiger charge is 2.35. The molecular formula is C40H47NO4. The maximum atomic E-state index is 12.6. The van der Waals surface area contributed by atoms with Crippen LogP contribution >= 0.6 is 0 Å². The number of carbonyl (C=O) groups excluding carboxylic acids is 2. The second-order valence-electron chi connectivity index (χ2n) is 12.9. The molecule has 0 saturated heterocycles. The van der Waals surface area contributed by atoms with Crippen LogP contribution in [0.5, 0.6) is 5.75 Å². The van der Waals surface area contributed by atoms with Gasteiger partial charge < -0.3 is 9.84 Å². The van der Waals surface area contributed by atoms with Gasteiger partial charge in [-0.15, -0.1) is 0 Å². The van der Waals surface area contributed by atoms with Gasteiger partial charge in [0.15, 0.2) is 0 Å². The van der Waals surface area contributed by atoms with Crippen LogP contribution in [0.15, 0.2) is 60.7 Å². The molecule has 3 aromatic rings. The summed E-state index contributed by atoms with van der Waals surface area (Å²) in [5.41, 5.74) is 5.87. The lowest BCUT2D eigenvalue weighted by molar-refractivity contribution is 0.0608. The molecule has 2 amide bonds. The molecule has 0 aromatic heterocycles. The Labute approximate surface area is 269 Å². The summed E-state index contributed by atoms with van der Waals surface area (Å²) in [6, 6.07) is 20.2. The van der Waals surface area contributed by atoms with E-state index in [1.165, 1.54) is 22.4 Å². The van der Waals surface area contributed by atoms with Crippen molar-refractivity contribution in [1.29, 1.82) is 0 Å². The Kier molecular flexibility index (Phi) is 10.1. The first-order valence-electron chi connectivity index (χ1n) is 16.8. The number of aliphatic hydroxyl groups is 1. The lowest BCUT2D eigenvalue weighted by Crippen LogP contribution is -2.30. The maximum absolute atomic E-state index is 12.6. The second-order valence-corrected chi connectivity index (χ2v) is 12.9. The molecule has 1 heterocycles. The second kappa shape index (κ2) is 14.0. The molecule has 5 heteroatoms. The van der Waals surface area contributed by atoms with Gasteiger partial charge in [-0.1, -0.05) is 68.5 Å². The highest BCUT2D eigenvalue weighted by molar-refractivity contribution is 6.21. The van der Waals surface area contributed by atoms with Gasteiger partial charge in [0.2, 0.25) is 0 Å². The molecule has 0 unspecified atom stereocenters. The molecule has 0 radical (unpaired) electrons. The number of imide groups is 1. The van der Waals surface area contributed by atoms with Crippen LogP contribution in [0.3, 0.4) is 0 Å². The van der Waals surface area contributed by atoms with Gasteiger partial charge in [-0.05, 0) is 118 Å². The Hall–Kier alpha value is -3.88. The van der Waals surface area contributed by atoms with Crippen molar-refractivity contribution in [3.8, 4) is 17.6 Å². The van der Waals surface area contributed by atoms with E-state index < -0.39 is 5.60 Å². The summed E-state index contributed by atoms with van der Waals surface area (Å²) in [7, 11) is 0. The molecule has 1 fully saturated rings.